The molecule has 0 aliphatic carbocycles. The highest BCUT2D eigenvalue weighted by Gasteiger charge is 2.01. The van der Waals surface area contributed by atoms with Gasteiger partial charge in [0.1, 0.15) is 0 Å². The average Bonchev–Trinajstić information content (AvgIpc) is 2.42. The fraction of sp³-hybridized carbons (Fsp3) is 0.833. The van der Waals surface area contributed by atoms with Crippen LogP contribution in [0.5, 0.6) is 0 Å². The summed E-state index contributed by atoms with van der Waals surface area (Å²) in [6.07, 6.45) is 17.5. The Kier molecular flexibility index (Phi) is 14.0. The highest BCUT2D eigenvalue weighted by Crippen LogP contribution is 2.17. The van der Waals surface area contributed by atoms with Gasteiger partial charge in [0.2, 0.25) is 0 Å². The van der Waals surface area contributed by atoms with Crippen molar-refractivity contribution in [3.05, 3.63) is 11.6 Å². The molecule has 0 heterocycles. The molecule has 0 aliphatic rings. The van der Waals surface area contributed by atoms with E-state index in [0.717, 1.165) is 37.7 Å². The summed E-state index contributed by atoms with van der Waals surface area (Å²) in [7, 11) is 0. The van der Waals surface area contributed by atoms with Gasteiger partial charge in [0.05, 0.1) is 0 Å². The predicted octanol–water partition coefficient (Wildman–Crippen LogP) is 6.11. The Labute approximate surface area is 125 Å². The molecule has 0 aliphatic heterocycles. The van der Waals surface area contributed by atoms with Crippen molar-refractivity contribution in [2.24, 2.45) is 0 Å². The van der Waals surface area contributed by atoms with E-state index in [1.165, 1.54) is 57.4 Å². The topological polar surface area (TPSA) is 37.3 Å². The van der Waals surface area contributed by atoms with E-state index in [0.29, 0.717) is 0 Å². The summed E-state index contributed by atoms with van der Waals surface area (Å²) in [5.74, 6) is -0.785. The number of hydrogen-bond donors (Lipinski definition) is 1. The minimum Gasteiger partial charge on any atom is -0.478 e. The Morgan fingerprint density at radius 1 is 0.750 bits per heavy atom. The van der Waals surface area contributed by atoms with E-state index in [1.807, 2.05) is 0 Å². The van der Waals surface area contributed by atoms with Gasteiger partial charge >= 0.3 is 5.97 Å². The van der Waals surface area contributed by atoms with Gasteiger partial charge in [-0.15, -0.1) is 0 Å². The first-order valence-electron chi connectivity index (χ1n) is 8.63. The van der Waals surface area contributed by atoms with Crippen molar-refractivity contribution in [3.8, 4) is 0 Å². The smallest absolute Gasteiger partial charge is 0.328 e. The summed E-state index contributed by atoms with van der Waals surface area (Å²) in [5, 5.41) is 8.85. The normalized spacial score (nSPS) is 11.8. The Balaban J connectivity index is 3.56. The minimum atomic E-state index is -0.785. The molecule has 0 unspecified atom stereocenters. The van der Waals surface area contributed by atoms with Gasteiger partial charge < -0.3 is 5.11 Å². The van der Waals surface area contributed by atoms with Gasteiger partial charge in [-0.1, -0.05) is 77.2 Å². The first-order chi connectivity index (χ1) is 9.70. The maximum atomic E-state index is 10.8. The second kappa shape index (κ2) is 14.6. The fourth-order valence-corrected chi connectivity index (χ4v) is 2.51. The van der Waals surface area contributed by atoms with E-state index < -0.39 is 5.97 Å². The number of hydrogen-bond acceptors (Lipinski definition) is 1. The van der Waals surface area contributed by atoms with E-state index in [4.69, 9.17) is 5.11 Å². The van der Waals surface area contributed by atoms with Crippen LogP contribution in [0.15, 0.2) is 11.6 Å². The van der Waals surface area contributed by atoms with E-state index in [9.17, 15) is 4.79 Å². The molecule has 0 saturated carbocycles. The molecule has 2 nitrogen and oxygen atoms in total. The van der Waals surface area contributed by atoms with Crippen LogP contribution < -0.4 is 0 Å². The van der Waals surface area contributed by atoms with Crippen LogP contribution in [0, 0.1) is 0 Å². The maximum Gasteiger partial charge on any atom is 0.328 e. The van der Waals surface area contributed by atoms with Gasteiger partial charge in [-0.3, -0.25) is 0 Å². The molecule has 0 aromatic rings. The SMILES string of the molecule is CCCCCCCCCCC/C(=C\C(=O)O)CCCC. The van der Waals surface area contributed by atoms with Crippen molar-refractivity contribution in [3.63, 3.8) is 0 Å². The van der Waals surface area contributed by atoms with Gasteiger partial charge in [-0.2, -0.15) is 0 Å². The zero-order valence-electron chi connectivity index (χ0n) is 13.6. The van der Waals surface area contributed by atoms with Gasteiger partial charge in [-0.05, 0) is 25.7 Å². The number of carbonyl (C=O) groups is 1. The molecule has 0 rings (SSSR count). The molecule has 20 heavy (non-hydrogen) atoms. The van der Waals surface area contributed by atoms with Gasteiger partial charge in [0, 0.05) is 6.08 Å². The number of carboxylic acids is 1. The molecule has 0 bridgehead atoms. The number of rotatable bonds is 14. The maximum absolute atomic E-state index is 10.8. The minimum absolute atomic E-state index is 0.785. The highest BCUT2D eigenvalue weighted by molar-refractivity contribution is 5.80. The van der Waals surface area contributed by atoms with Gasteiger partial charge in [0.25, 0.3) is 0 Å². The summed E-state index contributed by atoms with van der Waals surface area (Å²) in [6.45, 7) is 4.40. The number of carboxylic acid groups (broad SMARTS) is 1. The van der Waals surface area contributed by atoms with Crippen LogP contribution in [0.4, 0.5) is 0 Å². The highest BCUT2D eigenvalue weighted by atomic mass is 16.4. The van der Waals surface area contributed by atoms with Crippen LogP contribution in [0.25, 0.3) is 0 Å². The second-order valence-electron chi connectivity index (χ2n) is 5.82. The van der Waals surface area contributed by atoms with Gasteiger partial charge in [-0.25, -0.2) is 4.79 Å². The summed E-state index contributed by atoms with van der Waals surface area (Å²) >= 11 is 0. The first-order valence-corrected chi connectivity index (χ1v) is 8.63. The zero-order valence-corrected chi connectivity index (χ0v) is 13.6. The Morgan fingerprint density at radius 2 is 1.20 bits per heavy atom. The Bertz CT molecular complexity index is 256. The summed E-state index contributed by atoms with van der Waals surface area (Å²) in [5.41, 5.74) is 1.13. The summed E-state index contributed by atoms with van der Waals surface area (Å²) in [6, 6.07) is 0. The molecule has 2 heteroatoms. The van der Waals surface area contributed by atoms with Gasteiger partial charge in [0.15, 0.2) is 0 Å². The molecule has 1 N–H and O–H groups in total. The van der Waals surface area contributed by atoms with E-state index in [1.54, 1.807) is 0 Å². The standard InChI is InChI=1S/C18H34O2/c1-3-5-7-8-9-10-11-12-13-15-17(14-6-4-2)16-18(19)20/h16H,3-15H2,1-2H3,(H,19,20)/b17-16-. The van der Waals surface area contributed by atoms with Crippen molar-refractivity contribution in [1.82, 2.24) is 0 Å². The van der Waals surface area contributed by atoms with Crippen molar-refractivity contribution in [2.45, 2.75) is 97.3 Å². The third kappa shape index (κ3) is 13.6. The van der Waals surface area contributed by atoms with E-state index >= 15 is 0 Å². The van der Waals surface area contributed by atoms with Crippen molar-refractivity contribution in [2.75, 3.05) is 0 Å². The van der Waals surface area contributed by atoms with Crippen LogP contribution >= 0.6 is 0 Å². The summed E-state index contributed by atoms with van der Waals surface area (Å²) < 4.78 is 0. The first kappa shape index (κ1) is 19.2. The monoisotopic (exact) mass is 282 g/mol. The van der Waals surface area contributed by atoms with Crippen molar-refractivity contribution in [1.29, 1.82) is 0 Å². The third-order valence-electron chi connectivity index (χ3n) is 3.78. The molecule has 118 valence electrons. The number of unbranched alkanes of at least 4 members (excludes halogenated alkanes) is 9. The Hall–Kier alpha value is -0.790. The predicted molar refractivity (Wildman–Crippen MR) is 87.1 cm³/mol. The molecule has 0 atom stereocenters. The molecule has 0 amide bonds. The lowest BCUT2D eigenvalue weighted by Crippen LogP contribution is -1.94. The van der Waals surface area contributed by atoms with Crippen LogP contribution in [-0.2, 0) is 4.79 Å². The molecule has 0 aromatic carbocycles. The molecule has 0 aromatic heterocycles. The third-order valence-corrected chi connectivity index (χ3v) is 3.78. The number of allylic oxidation sites excluding steroid dienone is 1. The second-order valence-corrected chi connectivity index (χ2v) is 5.82. The van der Waals surface area contributed by atoms with Crippen molar-refractivity contribution >= 4 is 5.97 Å². The molecule has 0 fully saturated rings. The van der Waals surface area contributed by atoms with Crippen LogP contribution in [0.2, 0.25) is 0 Å². The largest absolute Gasteiger partial charge is 0.478 e. The van der Waals surface area contributed by atoms with E-state index in [-0.39, 0.29) is 0 Å². The van der Waals surface area contributed by atoms with Crippen molar-refractivity contribution < 1.29 is 9.90 Å². The molecular formula is C18H34O2. The number of aliphatic carboxylic acids is 1. The fourth-order valence-electron chi connectivity index (χ4n) is 2.51. The zero-order chi connectivity index (χ0) is 15.1. The molecule has 0 spiro atoms. The molecule has 0 radical (unpaired) electrons. The molecule has 0 saturated heterocycles. The lowest BCUT2D eigenvalue weighted by Gasteiger charge is -2.06. The average molecular weight is 282 g/mol. The van der Waals surface area contributed by atoms with E-state index in [2.05, 4.69) is 13.8 Å². The lowest BCUT2D eigenvalue weighted by atomic mass is 10.0. The van der Waals surface area contributed by atoms with Crippen LogP contribution in [0.3, 0.4) is 0 Å². The molecular weight excluding hydrogens is 248 g/mol. The Morgan fingerprint density at radius 3 is 1.70 bits per heavy atom. The van der Waals surface area contributed by atoms with Crippen LogP contribution in [-0.4, -0.2) is 11.1 Å². The summed E-state index contributed by atoms with van der Waals surface area (Å²) in [4.78, 5) is 10.8. The quantitative estimate of drug-likeness (QED) is 0.308. The van der Waals surface area contributed by atoms with Crippen LogP contribution in [0.1, 0.15) is 97.3 Å². The lowest BCUT2D eigenvalue weighted by molar-refractivity contribution is -0.131.